The summed E-state index contributed by atoms with van der Waals surface area (Å²) in [5, 5.41) is 13.1. The Bertz CT molecular complexity index is 1190. The third kappa shape index (κ3) is 4.68. The molecule has 1 unspecified atom stereocenters. The number of hydrogen-bond donors (Lipinski definition) is 1. The minimum absolute atomic E-state index is 0.0987. The smallest absolute Gasteiger partial charge is 0.295 e. The van der Waals surface area contributed by atoms with Crippen molar-refractivity contribution >= 4 is 28.8 Å². The molecule has 1 N–H and O–H groups in total. The van der Waals surface area contributed by atoms with E-state index in [0.717, 1.165) is 21.8 Å². The largest absolute Gasteiger partial charge is 0.507 e. The molecular weight excluding hydrogens is 436 g/mol. The van der Waals surface area contributed by atoms with Gasteiger partial charge in [-0.15, -0.1) is 11.3 Å². The molecule has 1 aromatic carbocycles. The van der Waals surface area contributed by atoms with Crippen LogP contribution >= 0.6 is 11.3 Å². The van der Waals surface area contributed by atoms with Gasteiger partial charge in [0.1, 0.15) is 11.5 Å². The summed E-state index contributed by atoms with van der Waals surface area (Å²) in [6, 6.07) is 12.0. The van der Waals surface area contributed by atoms with Crippen molar-refractivity contribution < 1.29 is 19.4 Å². The number of aliphatic hydroxyl groups excluding tert-OH is 1. The highest BCUT2D eigenvalue weighted by molar-refractivity contribution is 7.10. The number of ether oxygens (including phenoxy) is 1. The molecule has 3 heterocycles. The fourth-order valence-corrected chi connectivity index (χ4v) is 4.69. The molecule has 33 heavy (non-hydrogen) atoms. The molecule has 7 heteroatoms. The topological polar surface area (TPSA) is 79.7 Å². The Kier molecular flexibility index (Phi) is 6.60. The number of ketones is 1. The molecule has 1 aliphatic heterocycles. The van der Waals surface area contributed by atoms with E-state index in [2.05, 4.69) is 18.8 Å². The van der Waals surface area contributed by atoms with Gasteiger partial charge in [-0.1, -0.05) is 26.0 Å². The molecule has 6 nitrogen and oxygen atoms in total. The summed E-state index contributed by atoms with van der Waals surface area (Å²) in [6.07, 6.45) is 3.33. The summed E-state index contributed by atoms with van der Waals surface area (Å²) in [5.74, 6) is -0.384. The number of carbonyl (C=O) groups is 2. The average molecular weight is 463 g/mol. The Labute approximate surface area is 197 Å². The first-order chi connectivity index (χ1) is 15.9. The van der Waals surface area contributed by atoms with Crippen LogP contribution in [0.1, 0.15) is 41.5 Å². The molecule has 3 aromatic rings. The van der Waals surface area contributed by atoms with Gasteiger partial charge >= 0.3 is 0 Å². The number of carbonyl (C=O) groups excluding carboxylic acids is 2. The first-order valence-electron chi connectivity index (χ1n) is 10.8. The van der Waals surface area contributed by atoms with Crippen molar-refractivity contribution in [3.8, 4) is 5.75 Å². The van der Waals surface area contributed by atoms with Gasteiger partial charge in [-0.3, -0.25) is 14.6 Å². The molecule has 170 valence electrons. The van der Waals surface area contributed by atoms with E-state index in [0.29, 0.717) is 18.1 Å². The average Bonchev–Trinajstić information content (AvgIpc) is 3.41. The second-order valence-corrected chi connectivity index (χ2v) is 9.47. The number of aromatic nitrogens is 1. The maximum atomic E-state index is 13.1. The molecule has 2 aromatic heterocycles. The van der Waals surface area contributed by atoms with Gasteiger partial charge in [0.05, 0.1) is 18.2 Å². The first kappa shape index (κ1) is 22.7. The van der Waals surface area contributed by atoms with E-state index in [4.69, 9.17) is 4.74 Å². The quantitative estimate of drug-likeness (QED) is 0.300. The Balaban J connectivity index is 1.75. The van der Waals surface area contributed by atoms with Crippen molar-refractivity contribution in [2.45, 2.75) is 33.4 Å². The highest BCUT2D eigenvalue weighted by Gasteiger charge is 2.46. The molecule has 0 bridgehead atoms. The van der Waals surface area contributed by atoms with E-state index in [1.54, 1.807) is 36.7 Å². The Morgan fingerprint density at radius 1 is 1.21 bits per heavy atom. The molecule has 1 fully saturated rings. The van der Waals surface area contributed by atoms with Gasteiger partial charge < -0.3 is 14.7 Å². The van der Waals surface area contributed by atoms with Gasteiger partial charge in [-0.25, -0.2) is 0 Å². The van der Waals surface area contributed by atoms with E-state index < -0.39 is 17.7 Å². The third-order valence-electron chi connectivity index (χ3n) is 5.45. The number of hydrogen-bond acceptors (Lipinski definition) is 6. The summed E-state index contributed by atoms with van der Waals surface area (Å²) in [6.45, 7) is 6.85. The van der Waals surface area contributed by atoms with Gasteiger partial charge in [0.2, 0.25) is 0 Å². The minimum Gasteiger partial charge on any atom is -0.507 e. The minimum atomic E-state index is -0.687. The normalized spacial score (nSPS) is 17.7. The van der Waals surface area contributed by atoms with Crippen LogP contribution in [0.3, 0.4) is 0 Å². The molecular formula is C26H26N2O4S. The molecule has 0 aliphatic carbocycles. The predicted molar refractivity (Wildman–Crippen MR) is 128 cm³/mol. The van der Waals surface area contributed by atoms with Gasteiger partial charge in [-0.2, -0.15) is 0 Å². The maximum Gasteiger partial charge on any atom is 0.295 e. The summed E-state index contributed by atoms with van der Waals surface area (Å²) in [4.78, 5) is 32.6. The van der Waals surface area contributed by atoms with Crippen LogP contribution < -0.4 is 4.74 Å². The number of amides is 1. The zero-order valence-corrected chi connectivity index (χ0v) is 19.6. The van der Waals surface area contributed by atoms with Crippen molar-refractivity contribution in [1.82, 2.24) is 9.88 Å². The molecule has 0 spiro atoms. The second-order valence-electron chi connectivity index (χ2n) is 8.49. The van der Waals surface area contributed by atoms with Crippen molar-refractivity contribution in [2.24, 2.45) is 5.92 Å². The van der Waals surface area contributed by atoms with Gasteiger partial charge in [0.25, 0.3) is 11.7 Å². The van der Waals surface area contributed by atoms with Crippen LogP contribution in [-0.4, -0.2) is 33.3 Å². The van der Waals surface area contributed by atoms with Crippen molar-refractivity contribution in [2.75, 3.05) is 6.61 Å². The summed E-state index contributed by atoms with van der Waals surface area (Å²) in [5.41, 5.74) is 2.23. The van der Waals surface area contributed by atoms with Crippen LogP contribution in [0.5, 0.6) is 5.75 Å². The lowest BCUT2D eigenvalue weighted by atomic mass is 9.98. The van der Waals surface area contributed by atoms with E-state index in [9.17, 15) is 14.7 Å². The number of pyridine rings is 1. The lowest BCUT2D eigenvalue weighted by molar-refractivity contribution is -0.140. The van der Waals surface area contributed by atoms with Gasteiger partial charge in [0.15, 0.2) is 0 Å². The lowest BCUT2D eigenvalue weighted by Gasteiger charge is -2.24. The van der Waals surface area contributed by atoms with Crippen LogP contribution in [0.25, 0.3) is 5.76 Å². The second kappa shape index (κ2) is 9.58. The van der Waals surface area contributed by atoms with E-state index >= 15 is 0 Å². The van der Waals surface area contributed by atoms with E-state index in [-0.39, 0.29) is 17.9 Å². The Morgan fingerprint density at radius 3 is 2.67 bits per heavy atom. The molecule has 4 rings (SSSR count). The molecule has 1 atom stereocenters. The van der Waals surface area contributed by atoms with Crippen LogP contribution in [0.2, 0.25) is 0 Å². The number of aryl methyl sites for hydroxylation is 1. The highest BCUT2D eigenvalue weighted by Crippen LogP contribution is 2.42. The fraction of sp³-hybridized carbons (Fsp3) is 0.269. The summed E-state index contributed by atoms with van der Waals surface area (Å²) < 4.78 is 5.83. The van der Waals surface area contributed by atoms with Crippen LogP contribution in [0.15, 0.2) is 65.8 Å². The number of thiophene rings is 1. The Hall–Kier alpha value is -3.45. The zero-order chi connectivity index (χ0) is 23.5. The van der Waals surface area contributed by atoms with Gasteiger partial charge in [-0.05, 0) is 59.7 Å². The summed E-state index contributed by atoms with van der Waals surface area (Å²) in [7, 11) is 0. The van der Waals surface area contributed by atoms with Crippen LogP contribution in [-0.2, 0) is 16.1 Å². The third-order valence-corrected chi connectivity index (χ3v) is 6.37. The highest BCUT2D eigenvalue weighted by atomic mass is 32.1. The SMILES string of the molecule is Cc1cc(C(O)=C2C(=O)C(=O)N(Cc3cccnc3)C2c2cccs2)ccc1OCC(C)C. The lowest BCUT2D eigenvalue weighted by Crippen LogP contribution is -2.28. The van der Waals surface area contributed by atoms with Crippen molar-refractivity contribution in [1.29, 1.82) is 0 Å². The fourth-order valence-electron chi connectivity index (χ4n) is 3.84. The first-order valence-corrected chi connectivity index (χ1v) is 11.7. The molecule has 0 saturated carbocycles. The summed E-state index contributed by atoms with van der Waals surface area (Å²) >= 11 is 1.44. The maximum absolute atomic E-state index is 13.1. The predicted octanol–water partition coefficient (Wildman–Crippen LogP) is 5.11. The standard InChI is InChI=1S/C26H26N2O4S/c1-16(2)15-32-20-9-8-19(12-17(20)3)24(29)22-23(21-7-5-11-33-21)28(26(31)25(22)30)14-18-6-4-10-27-13-18/h4-13,16,23,29H,14-15H2,1-3H3. The van der Waals surface area contributed by atoms with E-state index in [1.165, 1.54) is 16.2 Å². The number of nitrogens with zero attached hydrogens (tertiary/aromatic N) is 2. The number of likely N-dealkylation sites (tertiary alicyclic amines) is 1. The number of Topliss-reactive ketones (excluding diaryl/α,β-unsaturated/α-hetero) is 1. The monoisotopic (exact) mass is 462 g/mol. The zero-order valence-electron chi connectivity index (χ0n) is 18.8. The van der Waals surface area contributed by atoms with E-state index in [1.807, 2.05) is 30.5 Å². The number of benzene rings is 1. The molecule has 0 radical (unpaired) electrons. The van der Waals surface area contributed by atoms with Crippen LogP contribution in [0.4, 0.5) is 0 Å². The number of aliphatic hydroxyl groups is 1. The van der Waals surface area contributed by atoms with Crippen molar-refractivity contribution in [3.63, 3.8) is 0 Å². The number of rotatable bonds is 7. The molecule has 1 amide bonds. The molecule has 1 aliphatic rings. The molecule has 1 saturated heterocycles. The van der Waals surface area contributed by atoms with Gasteiger partial charge in [0, 0.05) is 29.4 Å². The Morgan fingerprint density at radius 2 is 2.03 bits per heavy atom. The van der Waals surface area contributed by atoms with Crippen molar-refractivity contribution in [3.05, 3.63) is 87.4 Å². The van der Waals surface area contributed by atoms with Crippen LogP contribution in [0, 0.1) is 12.8 Å².